The van der Waals surface area contributed by atoms with E-state index in [0.717, 1.165) is 31.0 Å². The van der Waals surface area contributed by atoms with E-state index in [1.54, 1.807) is 0 Å². The second kappa shape index (κ2) is 6.39. The maximum atomic E-state index is 4.44. The minimum absolute atomic E-state index is 0.680. The minimum Gasteiger partial charge on any atom is -0.359 e. The number of nitrogens with one attached hydrogen (secondary N) is 1. The molecule has 0 saturated carbocycles. The first kappa shape index (κ1) is 13.7. The topological polar surface area (TPSA) is 44.3 Å². The smallest absolute Gasteiger partial charge is 0.224 e. The van der Waals surface area contributed by atoms with Gasteiger partial charge in [-0.15, -0.1) is 0 Å². The fraction of sp³-hybridized carbons (Fsp3) is 0.667. The highest BCUT2D eigenvalue weighted by molar-refractivity contribution is 5.43. The van der Waals surface area contributed by atoms with Crippen LogP contribution in [0.15, 0.2) is 6.07 Å². The lowest BCUT2D eigenvalue weighted by Gasteiger charge is -2.20. The Kier molecular flexibility index (Phi) is 5.15. The molecule has 0 aromatic carbocycles. The van der Waals surface area contributed by atoms with Gasteiger partial charge in [0.25, 0.3) is 0 Å². The lowest BCUT2D eigenvalue weighted by molar-refractivity contribution is 0.401. The van der Waals surface area contributed by atoms with E-state index in [1.807, 2.05) is 20.0 Å². The van der Waals surface area contributed by atoms with Gasteiger partial charge in [0.15, 0.2) is 0 Å². The molecule has 0 fully saturated rings. The number of anilines is 2. The number of hydrogen-bond donors (Lipinski definition) is 1. The fourth-order valence-electron chi connectivity index (χ4n) is 1.60. The van der Waals surface area contributed by atoms with Gasteiger partial charge in [-0.05, 0) is 34.0 Å². The fourth-order valence-corrected chi connectivity index (χ4v) is 1.60. The van der Waals surface area contributed by atoms with Crippen LogP contribution in [0.25, 0.3) is 0 Å². The molecule has 96 valence electrons. The lowest BCUT2D eigenvalue weighted by Crippen LogP contribution is -2.24. The summed E-state index contributed by atoms with van der Waals surface area (Å²) in [6, 6.07) is 2.01. The molecule has 0 amide bonds. The summed E-state index contributed by atoms with van der Waals surface area (Å²) in [7, 11) is 8.09. The molecule has 0 aliphatic rings. The van der Waals surface area contributed by atoms with Crippen LogP contribution in [0.5, 0.6) is 0 Å². The van der Waals surface area contributed by atoms with Crippen molar-refractivity contribution in [2.24, 2.45) is 0 Å². The predicted octanol–water partition coefficient (Wildman–Crippen LogP) is 1.21. The Labute approximate surface area is 104 Å². The summed E-state index contributed by atoms with van der Waals surface area (Å²) in [6.45, 7) is 4.07. The van der Waals surface area contributed by atoms with Crippen molar-refractivity contribution in [3.8, 4) is 0 Å². The molecule has 0 radical (unpaired) electrons. The van der Waals surface area contributed by atoms with E-state index in [4.69, 9.17) is 0 Å². The molecule has 0 aliphatic carbocycles. The van der Waals surface area contributed by atoms with Gasteiger partial charge in [-0.3, -0.25) is 0 Å². The zero-order valence-electron chi connectivity index (χ0n) is 11.5. The van der Waals surface area contributed by atoms with E-state index in [-0.39, 0.29) is 0 Å². The van der Waals surface area contributed by atoms with Gasteiger partial charge in [-0.2, -0.15) is 4.98 Å². The molecular weight excluding hydrogens is 214 g/mol. The van der Waals surface area contributed by atoms with Crippen molar-refractivity contribution in [3.63, 3.8) is 0 Å². The molecule has 0 aliphatic heterocycles. The minimum atomic E-state index is 0.680. The molecule has 1 aromatic rings. The van der Waals surface area contributed by atoms with Crippen molar-refractivity contribution in [1.82, 2.24) is 14.9 Å². The summed E-state index contributed by atoms with van der Waals surface area (Å²) in [5.74, 6) is 1.65. The molecule has 5 nitrogen and oxygen atoms in total. The molecule has 1 rings (SSSR count). The van der Waals surface area contributed by atoms with Crippen molar-refractivity contribution in [2.45, 2.75) is 13.3 Å². The van der Waals surface area contributed by atoms with Gasteiger partial charge < -0.3 is 15.1 Å². The van der Waals surface area contributed by atoms with Crippen molar-refractivity contribution < 1.29 is 0 Å². The molecule has 1 N–H and O–H groups in total. The molecule has 0 spiro atoms. The summed E-state index contributed by atoms with van der Waals surface area (Å²) < 4.78 is 0. The van der Waals surface area contributed by atoms with Gasteiger partial charge in [0, 0.05) is 32.4 Å². The van der Waals surface area contributed by atoms with Crippen LogP contribution in [0.4, 0.5) is 11.8 Å². The first-order valence-corrected chi connectivity index (χ1v) is 5.92. The first-order valence-electron chi connectivity index (χ1n) is 5.92. The molecule has 0 unspecified atom stereocenters. The predicted molar refractivity (Wildman–Crippen MR) is 72.8 cm³/mol. The summed E-state index contributed by atoms with van der Waals surface area (Å²) in [5, 5.41) is 2.98. The number of rotatable bonds is 6. The van der Waals surface area contributed by atoms with Gasteiger partial charge in [0.1, 0.15) is 5.82 Å². The first-order chi connectivity index (χ1) is 8.02. The average Bonchev–Trinajstić information content (AvgIpc) is 2.27. The second-order valence-electron chi connectivity index (χ2n) is 4.52. The Morgan fingerprint density at radius 3 is 2.47 bits per heavy atom. The van der Waals surface area contributed by atoms with Crippen LogP contribution < -0.4 is 10.2 Å². The normalized spacial score (nSPS) is 10.7. The van der Waals surface area contributed by atoms with E-state index in [0.29, 0.717) is 5.95 Å². The van der Waals surface area contributed by atoms with Crippen molar-refractivity contribution >= 4 is 11.8 Å². The largest absolute Gasteiger partial charge is 0.359 e. The Balaban J connectivity index is 2.61. The standard InChI is InChI=1S/C12H23N5/c1-10-9-11(15-12(13-2)14-10)17(5)8-6-7-16(3)4/h9H,6-8H2,1-5H3,(H,13,14,15). The quantitative estimate of drug-likeness (QED) is 0.806. The van der Waals surface area contributed by atoms with Crippen LogP contribution in [0, 0.1) is 6.92 Å². The van der Waals surface area contributed by atoms with E-state index < -0.39 is 0 Å². The Morgan fingerprint density at radius 2 is 1.88 bits per heavy atom. The van der Waals surface area contributed by atoms with Crippen LogP contribution >= 0.6 is 0 Å². The SMILES string of the molecule is CNc1nc(C)cc(N(C)CCCN(C)C)n1. The molecular formula is C12H23N5. The lowest BCUT2D eigenvalue weighted by atomic mass is 10.3. The maximum absolute atomic E-state index is 4.44. The summed E-state index contributed by atoms with van der Waals surface area (Å²) >= 11 is 0. The third-order valence-corrected chi connectivity index (χ3v) is 2.55. The van der Waals surface area contributed by atoms with E-state index in [9.17, 15) is 0 Å². The second-order valence-corrected chi connectivity index (χ2v) is 4.52. The van der Waals surface area contributed by atoms with Crippen molar-refractivity contribution in [1.29, 1.82) is 0 Å². The third kappa shape index (κ3) is 4.56. The molecule has 5 heteroatoms. The molecule has 1 heterocycles. The van der Waals surface area contributed by atoms with Crippen molar-refractivity contribution in [2.75, 3.05) is 51.5 Å². The van der Waals surface area contributed by atoms with E-state index in [1.165, 1.54) is 0 Å². The third-order valence-electron chi connectivity index (χ3n) is 2.55. The number of hydrogen-bond acceptors (Lipinski definition) is 5. The number of nitrogens with zero attached hydrogens (tertiary/aromatic N) is 4. The van der Waals surface area contributed by atoms with Gasteiger partial charge in [0.2, 0.25) is 5.95 Å². The molecule has 0 saturated heterocycles. The highest BCUT2D eigenvalue weighted by Gasteiger charge is 2.05. The zero-order valence-corrected chi connectivity index (χ0v) is 11.5. The zero-order chi connectivity index (χ0) is 12.8. The van der Waals surface area contributed by atoms with Gasteiger partial charge >= 0.3 is 0 Å². The molecule has 0 bridgehead atoms. The summed E-state index contributed by atoms with van der Waals surface area (Å²) in [6.07, 6.45) is 1.13. The maximum Gasteiger partial charge on any atom is 0.224 e. The van der Waals surface area contributed by atoms with Gasteiger partial charge in [-0.1, -0.05) is 0 Å². The van der Waals surface area contributed by atoms with Crippen LogP contribution in [0.3, 0.4) is 0 Å². The number of aryl methyl sites for hydroxylation is 1. The van der Waals surface area contributed by atoms with Gasteiger partial charge in [0.05, 0.1) is 0 Å². The Hall–Kier alpha value is -1.36. The highest BCUT2D eigenvalue weighted by Crippen LogP contribution is 2.13. The Morgan fingerprint density at radius 1 is 1.18 bits per heavy atom. The number of aromatic nitrogens is 2. The molecule has 0 atom stereocenters. The summed E-state index contributed by atoms with van der Waals surface area (Å²) in [5.41, 5.74) is 0.985. The van der Waals surface area contributed by atoms with Crippen LogP contribution in [-0.4, -0.2) is 56.1 Å². The van der Waals surface area contributed by atoms with Crippen LogP contribution in [0.2, 0.25) is 0 Å². The monoisotopic (exact) mass is 237 g/mol. The Bertz CT molecular complexity index is 351. The van der Waals surface area contributed by atoms with Crippen LogP contribution in [-0.2, 0) is 0 Å². The molecule has 1 aromatic heterocycles. The highest BCUT2D eigenvalue weighted by atomic mass is 15.2. The average molecular weight is 237 g/mol. The van der Waals surface area contributed by atoms with Gasteiger partial charge in [-0.25, -0.2) is 4.98 Å². The molecule has 17 heavy (non-hydrogen) atoms. The summed E-state index contributed by atoms with van der Waals surface area (Å²) in [4.78, 5) is 13.1. The van der Waals surface area contributed by atoms with E-state index in [2.05, 4.69) is 46.2 Å². The van der Waals surface area contributed by atoms with E-state index >= 15 is 0 Å². The van der Waals surface area contributed by atoms with Crippen molar-refractivity contribution in [3.05, 3.63) is 11.8 Å². The van der Waals surface area contributed by atoms with Crippen LogP contribution in [0.1, 0.15) is 12.1 Å².